The van der Waals surface area contributed by atoms with Gasteiger partial charge in [-0.1, -0.05) is 0 Å². The third-order valence-electron chi connectivity index (χ3n) is 2.01. The van der Waals surface area contributed by atoms with E-state index in [4.69, 9.17) is 5.26 Å². The van der Waals surface area contributed by atoms with E-state index in [2.05, 4.69) is 9.72 Å². The zero-order chi connectivity index (χ0) is 13.9. The van der Waals surface area contributed by atoms with Crippen molar-refractivity contribution in [2.45, 2.75) is 26.1 Å². The Morgan fingerprint density at radius 1 is 1.44 bits per heavy atom. The number of pyridine rings is 1. The van der Waals surface area contributed by atoms with Gasteiger partial charge in [0, 0.05) is 11.8 Å². The first kappa shape index (κ1) is 14.2. The molecule has 1 aromatic heterocycles. The number of rotatable bonds is 3. The molecule has 3 nitrogen and oxygen atoms in total. The summed E-state index contributed by atoms with van der Waals surface area (Å²) in [6.07, 6.45) is -7.86. The number of aromatic nitrogens is 1. The van der Waals surface area contributed by atoms with Gasteiger partial charge in [-0.15, -0.1) is 13.2 Å². The van der Waals surface area contributed by atoms with Crippen molar-refractivity contribution in [3.05, 3.63) is 23.0 Å². The van der Waals surface area contributed by atoms with Crippen LogP contribution in [-0.2, 0) is 6.42 Å². The summed E-state index contributed by atoms with van der Waals surface area (Å²) in [5.74, 6) is -0.988. The van der Waals surface area contributed by atoms with Crippen molar-refractivity contribution in [2.24, 2.45) is 0 Å². The van der Waals surface area contributed by atoms with Crippen LogP contribution in [0.2, 0.25) is 0 Å². The molecular formula is C10H7F5N2O. The summed E-state index contributed by atoms with van der Waals surface area (Å²) in [4.78, 5) is 3.53. The summed E-state index contributed by atoms with van der Waals surface area (Å²) >= 11 is 0. The molecule has 0 aliphatic carbocycles. The topological polar surface area (TPSA) is 45.9 Å². The van der Waals surface area contributed by atoms with Crippen LogP contribution in [0.5, 0.6) is 5.75 Å². The van der Waals surface area contributed by atoms with Crippen LogP contribution in [0, 0.1) is 18.3 Å². The number of hydrogen-bond acceptors (Lipinski definition) is 3. The quantitative estimate of drug-likeness (QED) is 0.788. The first-order chi connectivity index (χ1) is 8.26. The number of nitriles is 1. The molecule has 0 saturated carbocycles. The van der Waals surface area contributed by atoms with E-state index in [0.29, 0.717) is 0 Å². The van der Waals surface area contributed by atoms with Crippen LogP contribution >= 0.6 is 0 Å². The van der Waals surface area contributed by atoms with E-state index >= 15 is 0 Å². The Kier molecular flexibility index (Phi) is 4.06. The summed E-state index contributed by atoms with van der Waals surface area (Å²) in [7, 11) is 0. The molecule has 0 amide bonds. The highest BCUT2D eigenvalue weighted by Crippen LogP contribution is 2.37. The van der Waals surface area contributed by atoms with Gasteiger partial charge in [-0.25, -0.2) is 8.78 Å². The monoisotopic (exact) mass is 266 g/mol. The number of hydrogen-bond donors (Lipinski definition) is 0. The second kappa shape index (κ2) is 5.16. The van der Waals surface area contributed by atoms with E-state index in [1.54, 1.807) is 6.07 Å². The van der Waals surface area contributed by atoms with Crippen molar-refractivity contribution >= 4 is 0 Å². The molecule has 0 N–H and O–H groups in total. The summed E-state index contributed by atoms with van der Waals surface area (Å²) in [5.41, 5.74) is -1.59. The zero-order valence-electron chi connectivity index (χ0n) is 9.05. The molecule has 0 unspecified atom stereocenters. The van der Waals surface area contributed by atoms with Crippen molar-refractivity contribution in [3.63, 3.8) is 0 Å². The van der Waals surface area contributed by atoms with Gasteiger partial charge in [0.05, 0.1) is 23.7 Å². The van der Waals surface area contributed by atoms with Gasteiger partial charge in [0.25, 0.3) is 6.43 Å². The fourth-order valence-corrected chi connectivity index (χ4v) is 1.34. The van der Waals surface area contributed by atoms with Crippen molar-refractivity contribution in [2.75, 3.05) is 0 Å². The minimum absolute atomic E-state index is 0.177. The highest BCUT2D eigenvalue weighted by atomic mass is 19.4. The predicted molar refractivity (Wildman–Crippen MR) is 49.9 cm³/mol. The normalized spacial score (nSPS) is 11.4. The molecule has 1 heterocycles. The molecule has 1 aromatic rings. The molecular weight excluding hydrogens is 259 g/mol. The second-order valence-electron chi connectivity index (χ2n) is 3.31. The number of halogens is 5. The largest absolute Gasteiger partial charge is 0.573 e. The summed E-state index contributed by atoms with van der Waals surface area (Å²) in [6.45, 7) is 1.16. The predicted octanol–water partition coefficient (Wildman–Crippen LogP) is 3.29. The van der Waals surface area contributed by atoms with E-state index in [1.165, 1.54) is 0 Å². The molecule has 0 bridgehead atoms. The van der Waals surface area contributed by atoms with Gasteiger partial charge >= 0.3 is 6.36 Å². The zero-order valence-corrected chi connectivity index (χ0v) is 9.05. The second-order valence-corrected chi connectivity index (χ2v) is 3.31. The number of nitrogens with zero attached hydrogens (tertiary/aromatic N) is 2. The molecule has 0 radical (unpaired) electrons. The Morgan fingerprint density at radius 3 is 2.50 bits per heavy atom. The van der Waals surface area contributed by atoms with Crippen LogP contribution in [-0.4, -0.2) is 11.3 Å². The molecule has 18 heavy (non-hydrogen) atoms. The van der Waals surface area contributed by atoms with Crippen LogP contribution < -0.4 is 4.74 Å². The third kappa shape index (κ3) is 3.29. The molecule has 0 aromatic carbocycles. The molecule has 98 valence electrons. The number of ether oxygens (including phenoxy) is 1. The van der Waals surface area contributed by atoms with Crippen molar-refractivity contribution < 1.29 is 26.7 Å². The van der Waals surface area contributed by atoms with Crippen molar-refractivity contribution in [3.8, 4) is 11.8 Å². The van der Waals surface area contributed by atoms with E-state index in [0.717, 1.165) is 13.1 Å². The summed E-state index contributed by atoms with van der Waals surface area (Å²) < 4.78 is 65.5. The molecule has 1 rings (SSSR count). The van der Waals surface area contributed by atoms with Gasteiger partial charge in [-0.05, 0) is 6.92 Å². The van der Waals surface area contributed by atoms with E-state index in [-0.39, 0.29) is 5.56 Å². The van der Waals surface area contributed by atoms with Crippen molar-refractivity contribution in [1.82, 2.24) is 4.98 Å². The number of aryl methyl sites for hydroxylation is 1. The highest BCUT2D eigenvalue weighted by molar-refractivity contribution is 5.43. The Balaban J connectivity index is 3.37. The molecule has 0 spiro atoms. The maximum absolute atomic E-state index is 12.8. The lowest BCUT2D eigenvalue weighted by Crippen LogP contribution is -2.20. The Labute approximate surface area is 98.8 Å². The summed E-state index contributed by atoms with van der Waals surface area (Å²) in [5, 5.41) is 8.42. The lowest BCUT2D eigenvalue weighted by molar-refractivity contribution is -0.275. The van der Waals surface area contributed by atoms with Gasteiger partial charge in [-0.3, -0.25) is 4.98 Å². The standard InChI is InChI=1S/C10H7F5N2O/c1-5-4-17-6(2-3-16)7(9(11)12)8(5)18-10(13,14)15/h4,9H,2H2,1H3. The van der Waals surface area contributed by atoms with Gasteiger partial charge in [0.15, 0.2) is 0 Å². The smallest absolute Gasteiger partial charge is 0.405 e. The Bertz CT molecular complexity index is 478. The Morgan fingerprint density at radius 2 is 2.06 bits per heavy atom. The van der Waals surface area contributed by atoms with E-state index in [9.17, 15) is 22.0 Å². The average molecular weight is 266 g/mol. The first-order valence-corrected chi connectivity index (χ1v) is 4.65. The first-order valence-electron chi connectivity index (χ1n) is 4.65. The average Bonchev–Trinajstić information content (AvgIpc) is 2.21. The molecule has 0 aliphatic heterocycles. The maximum Gasteiger partial charge on any atom is 0.573 e. The SMILES string of the molecule is Cc1cnc(CC#N)c(C(F)F)c1OC(F)(F)F. The molecule has 0 fully saturated rings. The molecule has 0 saturated heterocycles. The van der Waals surface area contributed by atoms with Gasteiger partial charge in [0.2, 0.25) is 0 Å². The van der Waals surface area contributed by atoms with Gasteiger partial charge < -0.3 is 4.74 Å². The van der Waals surface area contributed by atoms with Crippen LogP contribution in [0.15, 0.2) is 6.20 Å². The minimum Gasteiger partial charge on any atom is -0.405 e. The van der Waals surface area contributed by atoms with Crippen LogP contribution in [0.25, 0.3) is 0 Å². The van der Waals surface area contributed by atoms with Crippen LogP contribution in [0.3, 0.4) is 0 Å². The summed E-state index contributed by atoms with van der Waals surface area (Å²) in [6, 6.07) is 1.56. The Hall–Kier alpha value is -1.91. The van der Waals surface area contributed by atoms with Gasteiger partial charge in [0.1, 0.15) is 5.75 Å². The maximum atomic E-state index is 12.8. The fraction of sp³-hybridized carbons (Fsp3) is 0.400. The fourth-order valence-electron chi connectivity index (χ4n) is 1.34. The number of alkyl halides is 5. The highest BCUT2D eigenvalue weighted by Gasteiger charge is 2.35. The molecule has 8 heteroatoms. The van der Waals surface area contributed by atoms with Crippen molar-refractivity contribution in [1.29, 1.82) is 5.26 Å². The molecule has 0 atom stereocenters. The van der Waals surface area contributed by atoms with E-state index < -0.39 is 36.2 Å². The van der Waals surface area contributed by atoms with Crippen LogP contribution in [0.4, 0.5) is 22.0 Å². The van der Waals surface area contributed by atoms with E-state index in [1.807, 2.05) is 0 Å². The molecule has 0 aliphatic rings. The van der Waals surface area contributed by atoms with Gasteiger partial charge in [-0.2, -0.15) is 5.26 Å². The third-order valence-corrected chi connectivity index (χ3v) is 2.01. The lowest BCUT2D eigenvalue weighted by atomic mass is 10.1. The van der Waals surface area contributed by atoms with Crippen LogP contribution in [0.1, 0.15) is 23.2 Å². The lowest BCUT2D eigenvalue weighted by Gasteiger charge is -2.16. The minimum atomic E-state index is -5.08.